The molecule has 0 aliphatic carbocycles. The number of carbonyl (C=O) groups excluding carboxylic acids is 2. The van der Waals surface area contributed by atoms with Crippen LogP contribution in [0.2, 0.25) is 0 Å². The zero-order valence-corrected chi connectivity index (χ0v) is 20.3. The van der Waals surface area contributed by atoms with Crippen LogP contribution in [0.15, 0.2) is 53.9 Å². The van der Waals surface area contributed by atoms with Crippen LogP contribution in [0, 0.1) is 19.7 Å². The van der Waals surface area contributed by atoms with Crippen LogP contribution in [-0.2, 0) is 9.59 Å². The Morgan fingerprint density at radius 3 is 2.50 bits per heavy atom. The van der Waals surface area contributed by atoms with Gasteiger partial charge in [-0.2, -0.15) is 0 Å². The van der Waals surface area contributed by atoms with Gasteiger partial charge in [0.25, 0.3) is 0 Å². The lowest BCUT2D eigenvalue weighted by Gasteiger charge is -2.36. The Hall–Kier alpha value is -3.52. The quantitative estimate of drug-likeness (QED) is 0.487. The summed E-state index contributed by atoms with van der Waals surface area (Å²) in [6.45, 7) is 8.45. The first-order valence-electron chi connectivity index (χ1n) is 11.1. The van der Waals surface area contributed by atoms with E-state index in [2.05, 4.69) is 41.9 Å². The molecule has 6 nitrogen and oxygen atoms in total. The van der Waals surface area contributed by atoms with Gasteiger partial charge in [0, 0.05) is 50.2 Å². The number of carbonyl (C=O) groups is 2. The molecule has 4 rings (SSSR count). The van der Waals surface area contributed by atoms with Crippen molar-refractivity contribution in [3.05, 3.63) is 76.6 Å². The zero-order chi connectivity index (χ0) is 24.2. The molecule has 0 spiro atoms. The lowest BCUT2D eigenvalue weighted by Crippen LogP contribution is -2.48. The molecule has 34 heavy (non-hydrogen) atoms. The van der Waals surface area contributed by atoms with E-state index in [9.17, 15) is 14.0 Å². The van der Waals surface area contributed by atoms with Crippen LogP contribution < -0.4 is 9.80 Å². The molecule has 8 heteroatoms. The summed E-state index contributed by atoms with van der Waals surface area (Å²) in [7, 11) is 0. The molecule has 1 aliphatic rings. The van der Waals surface area contributed by atoms with E-state index in [1.807, 2.05) is 4.90 Å². The summed E-state index contributed by atoms with van der Waals surface area (Å²) in [6, 6.07) is 12.4. The number of hydrogen-bond acceptors (Lipinski definition) is 5. The molecular formula is C26H27FN4O2S. The summed E-state index contributed by atoms with van der Waals surface area (Å²) in [5.74, 6) is -0.916. The molecule has 1 aliphatic heterocycles. The fraction of sp³-hybridized carbons (Fsp3) is 0.269. The predicted molar refractivity (Wildman–Crippen MR) is 135 cm³/mol. The number of halogens is 1. The van der Waals surface area contributed by atoms with Gasteiger partial charge >= 0.3 is 0 Å². The predicted octanol–water partition coefficient (Wildman–Crippen LogP) is 4.95. The molecule has 2 heterocycles. The number of hydrogen-bond donors (Lipinski definition) is 0. The first kappa shape index (κ1) is 23.6. The Labute approximate surface area is 202 Å². The highest BCUT2D eigenvalue weighted by atomic mass is 32.1. The Kier molecular flexibility index (Phi) is 7.07. The largest absolute Gasteiger partial charge is 0.368 e. The molecule has 0 unspecified atom stereocenters. The van der Waals surface area contributed by atoms with Crippen LogP contribution in [0.25, 0.3) is 6.08 Å². The van der Waals surface area contributed by atoms with Crippen molar-refractivity contribution >= 4 is 45.7 Å². The van der Waals surface area contributed by atoms with Gasteiger partial charge in [0.15, 0.2) is 5.13 Å². The number of piperazine rings is 1. The summed E-state index contributed by atoms with van der Waals surface area (Å²) < 4.78 is 14.2. The van der Waals surface area contributed by atoms with Gasteiger partial charge in [-0.25, -0.2) is 9.37 Å². The SMILES string of the molecule is CC(=O)N(c1nc(/C=C/C(=O)N2CCN(c3cccc(C)c3C)CC2)cs1)c1ccccc1F. The van der Waals surface area contributed by atoms with Gasteiger partial charge in [-0.05, 0) is 49.2 Å². The maximum absolute atomic E-state index is 14.2. The number of amides is 2. The second kappa shape index (κ2) is 10.2. The van der Waals surface area contributed by atoms with E-state index < -0.39 is 5.82 Å². The van der Waals surface area contributed by atoms with Crippen molar-refractivity contribution in [2.24, 2.45) is 0 Å². The van der Waals surface area contributed by atoms with E-state index in [1.165, 1.54) is 58.2 Å². The fourth-order valence-electron chi connectivity index (χ4n) is 4.00. The zero-order valence-electron chi connectivity index (χ0n) is 19.5. The molecule has 1 saturated heterocycles. The summed E-state index contributed by atoms with van der Waals surface area (Å²) in [4.78, 5) is 34.7. The maximum atomic E-state index is 14.2. The van der Waals surface area contributed by atoms with Gasteiger partial charge < -0.3 is 9.80 Å². The van der Waals surface area contributed by atoms with E-state index in [1.54, 1.807) is 23.6 Å². The topological polar surface area (TPSA) is 56.8 Å². The van der Waals surface area contributed by atoms with Crippen molar-refractivity contribution < 1.29 is 14.0 Å². The van der Waals surface area contributed by atoms with Gasteiger partial charge in [0.2, 0.25) is 11.8 Å². The molecule has 176 valence electrons. The Balaban J connectivity index is 1.40. The molecule has 2 aromatic carbocycles. The Morgan fingerprint density at radius 1 is 1.06 bits per heavy atom. The number of aryl methyl sites for hydroxylation is 1. The first-order chi connectivity index (χ1) is 16.3. The smallest absolute Gasteiger partial charge is 0.246 e. The van der Waals surface area contributed by atoms with E-state index in [0.29, 0.717) is 23.9 Å². The molecule has 0 N–H and O–H groups in total. The molecular weight excluding hydrogens is 451 g/mol. The first-order valence-corrected chi connectivity index (χ1v) is 12.0. The van der Waals surface area contributed by atoms with Gasteiger partial charge in [-0.3, -0.25) is 14.5 Å². The van der Waals surface area contributed by atoms with Crippen molar-refractivity contribution in [2.45, 2.75) is 20.8 Å². The highest BCUT2D eigenvalue weighted by Crippen LogP contribution is 2.31. The van der Waals surface area contributed by atoms with E-state index in [0.717, 1.165) is 13.1 Å². The minimum absolute atomic E-state index is 0.0762. The van der Waals surface area contributed by atoms with Gasteiger partial charge in [-0.15, -0.1) is 11.3 Å². The monoisotopic (exact) mass is 478 g/mol. The molecule has 2 amide bonds. The van der Waals surface area contributed by atoms with Crippen molar-refractivity contribution in [3.63, 3.8) is 0 Å². The van der Waals surface area contributed by atoms with Crippen LogP contribution in [0.5, 0.6) is 0 Å². The third kappa shape index (κ3) is 5.02. The van der Waals surface area contributed by atoms with Gasteiger partial charge in [-0.1, -0.05) is 24.3 Å². The number of para-hydroxylation sites is 1. The fourth-order valence-corrected chi connectivity index (χ4v) is 4.85. The Morgan fingerprint density at radius 2 is 1.79 bits per heavy atom. The van der Waals surface area contributed by atoms with Gasteiger partial charge in [0.05, 0.1) is 11.4 Å². The molecule has 0 saturated carbocycles. The summed E-state index contributed by atoms with van der Waals surface area (Å²) in [5.41, 5.74) is 4.46. The molecule has 3 aromatic rings. The van der Waals surface area contributed by atoms with Gasteiger partial charge in [0.1, 0.15) is 5.82 Å². The third-order valence-electron chi connectivity index (χ3n) is 6.01. The maximum Gasteiger partial charge on any atom is 0.246 e. The van der Waals surface area contributed by atoms with E-state index >= 15 is 0 Å². The van der Waals surface area contributed by atoms with Crippen molar-refractivity contribution in [1.82, 2.24) is 9.88 Å². The number of nitrogens with zero attached hydrogens (tertiary/aromatic N) is 4. The lowest BCUT2D eigenvalue weighted by molar-refractivity contribution is -0.126. The number of rotatable bonds is 5. The highest BCUT2D eigenvalue weighted by Gasteiger charge is 2.22. The number of thiazole rings is 1. The highest BCUT2D eigenvalue weighted by molar-refractivity contribution is 7.14. The average Bonchev–Trinajstić information content (AvgIpc) is 3.29. The number of aromatic nitrogens is 1. The van der Waals surface area contributed by atoms with Crippen LogP contribution in [0.1, 0.15) is 23.7 Å². The molecule has 1 aromatic heterocycles. The third-order valence-corrected chi connectivity index (χ3v) is 6.86. The van der Waals surface area contributed by atoms with E-state index in [-0.39, 0.29) is 17.5 Å². The summed E-state index contributed by atoms with van der Waals surface area (Å²) >= 11 is 1.22. The molecule has 1 fully saturated rings. The van der Waals surface area contributed by atoms with Crippen molar-refractivity contribution in [3.8, 4) is 0 Å². The second-order valence-corrected chi connectivity index (χ2v) is 9.06. The normalized spacial score (nSPS) is 14.0. The molecule has 0 radical (unpaired) electrons. The second-order valence-electron chi connectivity index (χ2n) is 8.23. The molecule has 0 atom stereocenters. The lowest BCUT2D eigenvalue weighted by atomic mass is 10.1. The standard InChI is InChI=1S/C26H27FN4O2S/c1-18-7-6-10-23(19(18)2)29-13-15-30(16-14-29)25(33)12-11-21-17-34-26(28-21)31(20(3)32)24-9-5-4-8-22(24)27/h4-12,17H,13-16H2,1-3H3/b12-11+. The number of anilines is 3. The van der Waals surface area contributed by atoms with Crippen LogP contribution in [0.4, 0.5) is 20.9 Å². The van der Waals surface area contributed by atoms with Crippen molar-refractivity contribution in [1.29, 1.82) is 0 Å². The van der Waals surface area contributed by atoms with Crippen molar-refractivity contribution in [2.75, 3.05) is 36.0 Å². The minimum atomic E-state index is -0.500. The summed E-state index contributed by atoms with van der Waals surface area (Å²) in [5, 5.41) is 2.10. The van der Waals surface area contributed by atoms with Crippen LogP contribution in [0.3, 0.4) is 0 Å². The Bertz CT molecular complexity index is 1230. The minimum Gasteiger partial charge on any atom is -0.368 e. The summed E-state index contributed by atoms with van der Waals surface area (Å²) in [6.07, 6.45) is 3.15. The number of benzene rings is 2. The molecule has 0 bridgehead atoms. The van der Waals surface area contributed by atoms with Crippen LogP contribution >= 0.6 is 11.3 Å². The van der Waals surface area contributed by atoms with E-state index in [4.69, 9.17) is 0 Å². The van der Waals surface area contributed by atoms with Crippen LogP contribution in [-0.4, -0.2) is 47.9 Å². The average molecular weight is 479 g/mol.